The van der Waals surface area contributed by atoms with E-state index in [2.05, 4.69) is 20.8 Å². The molecule has 8 N–H and O–H groups in total. The van der Waals surface area contributed by atoms with E-state index in [1.54, 1.807) is 19.1 Å². The number of aliphatic hydroxyl groups is 3. The largest absolute Gasteiger partial charge is 1.00 e. The summed E-state index contributed by atoms with van der Waals surface area (Å²) < 4.78 is 38.8. The molecule has 76 heavy (non-hydrogen) atoms. The van der Waals surface area contributed by atoms with Gasteiger partial charge in [-0.15, -0.1) is 0 Å². The Balaban J connectivity index is 0.000000338. The molecule has 0 amide bonds. The topological polar surface area (TPSA) is 295 Å². The number of carbonyl (C=O) groups excluding carboxylic acids is 2. The van der Waals surface area contributed by atoms with Crippen LogP contribution in [0.2, 0.25) is 0 Å². The Bertz CT molecular complexity index is 2640. The van der Waals surface area contributed by atoms with E-state index >= 15 is 0 Å². The number of ketones is 1. The zero-order valence-electron chi connectivity index (χ0n) is 45.9. The van der Waals surface area contributed by atoms with Gasteiger partial charge in [0.05, 0.1) is 47.8 Å². The smallest absolute Gasteiger partial charge is 0.550 e. The summed E-state index contributed by atoms with van der Waals surface area (Å²) in [6.07, 6.45) is 5.22. The fourth-order valence-corrected chi connectivity index (χ4v) is 12.6. The van der Waals surface area contributed by atoms with Gasteiger partial charge in [-0.1, -0.05) is 55.4 Å². The fourth-order valence-electron chi connectivity index (χ4n) is 12.6. The molecule has 18 nitrogen and oxygen atoms in total. The van der Waals surface area contributed by atoms with E-state index in [1.165, 1.54) is 6.07 Å². The van der Waals surface area contributed by atoms with Gasteiger partial charge in [0.25, 0.3) is 0 Å². The third-order valence-electron chi connectivity index (χ3n) is 17.6. The Morgan fingerprint density at radius 1 is 0.829 bits per heavy atom. The number of aliphatic hydroxyl groups excluding tert-OH is 2. The van der Waals surface area contributed by atoms with Crippen LogP contribution >= 0.6 is 0 Å². The quantitative estimate of drug-likeness (QED) is 0.0685. The van der Waals surface area contributed by atoms with Crippen LogP contribution in [0.4, 0.5) is 0 Å². The first-order valence-corrected chi connectivity index (χ1v) is 26.8. The van der Waals surface area contributed by atoms with Gasteiger partial charge in [0.15, 0.2) is 23.0 Å². The molecule has 416 valence electrons. The third-order valence-corrected chi connectivity index (χ3v) is 17.6. The number of phenols is 4. The van der Waals surface area contributed by atoms with Crippen LogP contribution in [0.25, 0.3) is 22.3 Å². The molecule has 4 fully saturated rings. The Hall–Kier alpha value is -3.79. The minimum Gasteiger partial charge on any atom is -0.550 e. The van der Waals surface area contributed by atoms with Crippen LogP contribution in [0.1, 0.15) is 133 Å². The summed E-state index contributed by atoms with van der Waals surface area (Å²) in [5.41, 5.74) is -2.53. The summed E-state index contributed by atoms with van der Waals surface area (Å²) in [5, 5.41) is 93.6. The van der Waals surface area contributed by atoms with Crippen LogP contribution in [0, 0.1) is 41.4 Å². The molecule has 18 atom stereocenters. The molecule has 0 saturated carbocycles. The predicted octanol–water partition coefficient (Wildman–Crippen LogP) is 3.85. The number of fused-ring (bicyclic) bond motifs is 1. The van der Waals surface area contributed by atoms with Crippen LogP contribution in [0.3, 0.4) is 0 Å². The summed E-state index contributed by atoms with van der Waals surface area (Å²) in [6.45, 7) is 19.5. The van der Waals surface area contributed by atoms with Gasteiger partial charge in [-0.05, 0) is 114 Å². The summed E-state index contributed by atoms with van der Waals surface area (Å²) >= 11 is 0. The zero-order valence-corrected chi connectivity index (χ0v) is 47.9. The van der Waals surface area contributed by atoms with Crippen molar-refractivity contribution in [3.05, 3.63) is 52.7 Å². The Morgan fingerprint density at radius 2 is 1.51 bits per heavy atom. The van der Waals surface area contributed by atoms with Gasteiger partial charge in [0, 0.05) is 59.7 Å². The summed E-state index contributed by atoms with van der Waals surface area (Å²) in [7, 11) is 0. The number of aromatic hydroxyl groups is 5. The van der Waals surface area contributed by atoms with Crippen LogP contribution in [0.15, 0.2) is 51.7 Å². The number of phenolic OH excluding ortho intramolecular Hbond substituents is 4. The maximum atomic E-state index is 14.4. The van der Waals surface area contributed by atoms with Crippen molar-refractivity contribution >= 4 is 22.7 Å². The van der Waals surface area contributed by atoms with Gasteiger partial charge in [-0.2, -0.15) is 0 Å². The molecule has 1 aromatic heterocycles. The van der Waals surface area contributed by atoms with Gasteiger partial charge in [-0.3, -0.25) is 9.59 Å². The second-order valence-corrected chi connectivity index (χ2v) is 22.5. The van der Waals surface area contributed by atoms with Gasteiger partial charge in [-0.25, -0.2) is 0 Å². The van der Waals surface area contributed by atoms with Crippen LogP contribution in [-0.2, 0) is 33.3 Å². The first-order chi connectivity index (χ1) is 35.2. The summed E-state index contributed by atoms with van der Waals surface area (Å²) in [6, 6.07) is 5.64. The van der Waals surface area contributed by atoms with Crippen LogP contribution < -0.4 is 40.1 Å². The first kappa shape index (κ1) is 61.4. The molecule has 0 radical (unpaired) electrons. The molecule has 4 saturated heterocycles. The van der Waals surface area contributed by atoms with E-state index in [1.807, 2.05) is 41.5 Å². The Kier molecular flexibility index (Phi) is 19.3. The number of ether oxygens (including phenoxy) is 5. The summed E-state index contributed by atoms with van der Waals surface area (Å²) in [4.78, 5) is 38.4. The maximum absolute atomic E-state index is 14.4. The molecule has 2 spiro atoms. The molecule has 5 aliphatic heterocycles. The third kappa shape index (κ3) is 11.7. The van der Waals surface area contributed by atoms with Crippen molar-refractivity contribution < 1.29 is 113 Å². The molecule has 19 heteroatoms. The molecule has 18 unspecified atom stereocenters. The van der Waals surface area contributed by atoms with E-state index in [0.29, 0.717) is 57.8 Å². The standard InChI is InChI=1S/C42H70O11.C15H10O7.Na/c1-11-29(38(46)47)31-15-14-23(4)36(50-31)27(8)34(44)26(7)35(45)30(12-2)37-24(5)22-25(6)41(51-37)19-16-32(43)42(53-41)21-20-39(10,52-42)33-17-18-40(48,13-3)28(9)49-33;16-7-4-10(19)12-11(5-7)22-15(14(21)13(12)20)6-1-2-8(17)9(18)3-6;/h16,19,23-34,36-37,43-44,48H,11-15,17-18,20-22H2,1-10H3,(H,46,47);1-5,16-19,21H;/q;;+1/p-1. The van der Waals surface area contributed by atoms with Crippen molar-refractivity contribution in [1.82, 2.24) is 0 Å². The van der Waals surface area contributed by atoms with Crippen LogP contribution in [0.5, 0.6) is 28.7 Å². The minimum absolute atomic E-state index is 0. The van der Waals surface area contributed by atoms with E-state index in [9.17, 15) is 60.3 Å². The average molecular weight is 1080 g/mol. The van der Waals surface area contributed by atoms with Crippen molar-refractivity contribution in [3.63, 3.8) is 0 Å². The molecule has 8 rings (SSSR count). The van der Waals surface area contributed by atoms with E-state index in [4.69, 9.17) is 28.1 Å². The van der Waals surface area contributed by atoms with Crippen molar-refractivity contribution in [2.75, 3.05) is 0 Å². The second-order valence-electron chi connectivity index (χ2n) is 22.5. The Labute approximate surface area is 466 Å². The number of Topliss-reactive ketones (excluding diaryl/α,β-unsaturated/α-hetero) is 1. The normalized spacial score (nSPS) is 35.4. The number of hydrogen-bond acceptors (Lipinski definition) is 18. The minimum atomic E-state index is -1.37. The SMILES string of the molecule is CCC(C(=O)[O-])C1CCC(C)C(C(C)C(O)C(C)C(=O)C(CC)C2OC3(C=CC(O)C4(CCC(C)(C5CCC(O)(CC)C(C)O5)O4)O3)C(C)CC2C)O1.O=c1c(O)c(-c2ccc(O)c(O)c2)oc2cc(O)cc(O)c12.[Na+]. The number of aliphatic carboxylic acids is 1. The molecular weight excluding hydrogens is 996 g/mol. The van der Waals surface area contributed by atoms with Crippen molar-refractivity contribution in [2.24, 2.45) is 41.4 Å². The second kappa shape index (κ2) is 23.9. The Morgan fingerprint density at radius 3 is 2.13 bits per heavy atom. The molecule has 5 aliphatic rings. The molecule has 6 heterocycles. The number of hydrogen-bond donors (Lipinski definition) is 8. The fraction of sp³-hybridized carbons (Fsp3) is 0.667. The molecular formula is C57H79NaO18. The van der Waals surface area contributed by atoms with E-state index in [-0.39, 0.29) is 99.1 Å². The van der Waals surface area contributed by atoms with E-state index in [0.717, 1.165) is 30.7 Å². The van der Waals surface area contributed by atoms with Gasteiger partial charge in [0.1, 0.15) is 34.4 Å². The van der Waals surface area contributed by atoms with Gasteiger partial charge < -0.3 is 78.9 Å². The van der Waals surface area contributed by atoms with Crippen molar-refractivity contribution in [3.8, 4) is 40.1 Å². The summed E-state index contributed by atoms with van der Waals surface area (Å²) in [5.74, 6) is -8.95. The van der Waals surface area contributed by atoms with Gasteiger partial charge in [0.2, 0.25) is 17.0 Å². The first-order valence-electron chi connectivity index (χ1n) is 26.8. The maximum Gasteiger partial charge on any atom is 1.00 e. The van der Waals surface area contributed by atoms with Crippen molar-refractivity contribution in [2.45, 2.75) is 199 Å². The molecule has 0 bridgehead atoms. The predicted molar refractivity (Wildman–Crippen MR) is 272 cm³/mol. The zero-order chi connectivity index (χ0) is 55.3. The number of carboxylic acid groups (broad SMARTS) is 1. The number of rotatable bonds is 13. The number of carbonyl (C=O) groups is 2. The molecule has 0 aliphatic carbocycles. The van der Waals surface area contributed by atoms with Crippen LogP contribution in [-0.4, -0.2) is 118 Å². The number of carboxylic acids is 1. The van der Waals surface area contributed by atoms with Crippen molar-refractivity contribution in [1.29, 1.82) is 0 Å². The monoisotopic (exact) mass is 1070 g/mol. The number of benzene rings is 2. The molecule has 2 aromatic carbocycles. The average Bonchev–Trinajstić information content (AvgIpc) is 3.71. The molecule has 3 aromatic rings. The van der Waals surface area contributed by atoms with Gasteiger partial charge >= 0.3 is 29.6 Å². The van der Waals surface area contributed by atoms with E-state index < -0.39 is 106 Å².